The highest BCUT2D eigenvalue weighted by molar-refractivity contribution is 5.76. The van der Waals surface area contributed by atoms with Crippen LogP contribution in [0.4, 0.5) is 0 Å². The second-order valence-electron chi connectivity index (χ2n) is 4.61. The molecule has 1 aliphatic rings. The Morgan fingerprint density at radius 3 is 1.93 bits per heavy atom. The van der Waals surface area contributed by atoms with Gasteiger partial charge in [0.15, 0.2) is 0 Å². The van der Waals surface area contributed by atoms with Crippen molar-refractivity contribution in [3.05, 3.63) is 0 Å². The fraction of sp³-hybridized carbons (Fsp3) is 0.923. The molecule has 0 atom stereocenters. The molecule has 2 heteroatoms. The molecule has 2 nitrogen and oxygen atoms in total. The van der Waals surface area contributed by atoms with E-state index in [9.17, 15) is 4.79 Å². The summed E-state index contributed by atoms with van der Waals surface area (Å²) in [7, 11) is 1.46. The van der Waals surface area contributed by atoms with Gasteiger partial charge in [-0.05, 0) is 19.8 Å². The second kappa shape index (κ2) is 7.72. The maximum atomic E-state index is 11.1. The van der Waals surface area contributed by atoms with E-state index in [1.54, 1.807) is 0 Å². The number of methoxy groups -OCH3 is 1. The van der Waals surface area contributed by atoms with Crippen LogP contribution in [0.5, 0.6) is 0 Å². The van der Waals surface area contributed by atoms with Gasteiger partial charge in [-0.15, -0.1) is 0 Å². The summed E-state index contributed by atoms with van der Waals surface area (Å²) in [4.78, 5) is 11.1. The number of unbranched alkanes of at least 4 members (excludes halogenated alkanes) is 2. The third-order valence-electron chi connectivity index (χ3n) is 3.09. The first-order valence-electron chi connectivity index (χ1n) is 6.19. The summed E-state index contributed by atoms with van der Waals surface area (Å²) in [5.41, 5.74) is -0.158. The standard InChI is InChI=1S/C8H14O2.C5H12/c1-8(7(9)10-2)5-3-4-6-8;1-3-5-4-2/h3-6H2,1-2H3;3-5H2,1-2H3. The minimum Gasteiger partial charge on any atom is -0.469 e. The van der Waals surface area contributed by atoms with Gasteiger partial charge in [0.2, 0.25) is 0 Å². The van der Waals surface area contributed by atoms with Gasteiger partial charge in [0.05, 0.1) is 12.5 Å². The second-order valence-corrected chi connectivity index (χ2v) is 4.61. The predicted octanol–water partition coefficient (Wildman–Crippen LogP) is 3.94. The molecule has 0 aliphatic heterocycles. The minimum absolute atomic E-state index is 0.0370. The van der Waals surface area contributed by atoms with Crippen molar-refractivity contribution < 1.29 is 9.53 Å². The molecule has 0 heterocycles. The molecular weight excluding hydrogens is 188 g/mol. The Morgan fingerprint density at radius 1 is 1.20 bits per heavy atom. The molecule has 1 saturated carbocycles. The molecule has 0 aromatic carbocycles. The van der Waals surface area contributed by atoms with Gasteiger partial charge in [0, 0.05) is 0 Å². The zero-order valence-corrected chi connectivity index (χ0v) is 10.8. The topological polar surface area (TPSA) is 26.3 Å². The Morgan fingerprint density at radius 2 is 1.67 bits per heavy atom. The van der Waals surface area contributed by atoms with Crippen LogP contribution in [-0.4, -0.2) is 13.1 Å². The monoisotopic (exact) mass is 214 g/mol. The van der Waals surface area contributed by atoms with Crippen LogP contribution in [0.3, 0.4) is 0 Å². The van der Waals surface area contributed by atoms with Gasteiger partial charge in [-0.3, -0.25) is 4.79 Å². The van der Waals surface area contributed by atoms with E-state index in [1.165, 1.54) is 39.2 Å². The fourth-order valence-corrected chi connectivity index (χ4v) is 1.96. The highest BCUT2D eigenvalue weighted by Crippen LogP contribution is 2.38. The number of hydrogen-bond acceptors (Lipinski definition) is 2. The summed E-state index contributed by atoms with van der Waals surface area (Å²) < 4.78 is 4.70. The van der Waals surface area contributed by atoms with Crippen molar-refractivity contribution >= 4 is 5.97 Å². The maximum Gasteiger partial charge on any atom is 0.311 e. The SMILES string of the molecule is CCCCC.COC(=O)C1(C)CCCC1. The first-order chi connectivity index (χ1) is 7.10. The van der Waals surface area contributed by atoms with Crippen LogP contribution in [0, 0.1) is 5.41 Å². The Bertz CT molecular complexity index is 167. The molecule has 1 rings (SSSR count). The molecular formula is C13H26O2. The van der Waals surface area contributed by atoms with Gasteiger partial charge in [0.1, 0.15) is 0 Å². The predicted molar refractivity (Wildman–Crippen MR) is 63.8 cm³/mol. The average molecular weight is 214 g/mol. The molecule has 0 aromatic heterocycles. The number of carbonyl (C=O) groups is 1. The van der Waals surface area contributed by atoms with Crippen molar-refractivity contribution in [1.29, 1.82) is 0 Å². The lowest BCUT2D eigenvalue weighted by molar-refractivity contribution is -0.151. The summed E-state index contributed by atoms with van der Waals surface area (Å²) in [6, 6.07) is 0. The summed E-state index contributed by atoms with van der Waals surface area (Å²) in [5.74, 6) is -0.0370. The number of ether oxygens (including phenoxy) is 1. The van der Waals surface area contributed by atoms with Crippen LogP contribution >= 0.6 is 0 Å². The van der Waals surface area contributed by atoms with Gasteiger partial charge in [-0.25, -0.2) is 0 Å². The number of hydrogen-bond donors (Lipinski definition) is 0. The minimum atomic E-state index is -0.158. The molecule has 0 spiro atoms. The van der Waals surface area contributed by atoms with E-state index in [4.69, 9.17) is 4.74 Å². The molecule has 0 radical (unpaired) electrons. The van der Waals surface area contributed by atoms with Crippen molar-refractivity contribution in [2.24, 2.45) is 5.41 Å². The zero-order chi connectivity index (χ0) is 11.7. The average Bonchev–Trinajstić information content (AvgIpc) is 2.67. The lowest BCUT2D eigenvalue weighted by atomic mass is 9.89. The molecule has 0 bridgehead atoms. The molecule has 15 heavy (non-hydrogen) atoms. The van der Waals surface area contributed by atoms with E-state index in [0.717, 1.165) is 12.8 Å². The van der Waals surface area contributed by atoms with Crippen LogP contribution in [0.1, 0.15) is 65.7 Å². The van der Waals surface area contributed by atoms with Crippen molar-refractivity contribution in [2.75, 3.05) is 7.11 Å². The molecule has 0 unspecified atom stereocenters. The Kier molecular flexibility index (Phi) is 7.45. The third-order valence-corrected chi connectivity index (χ3v) is 3.09. The Hall–Kier alpha value is -0.530. The van der Waals surface area contributed by atoms with Crippen LogP contribution in [0.25, 0.3) is 0 Å². The molecule has 1 fully saturated rings. The van der Waals surface area contributed by atoms with Crippen molar-refractivity contribution in [3.8, 4) is 0 Å². The van der Waals surface area contributed by atoms with Gasteiger partial charge >= 0.3 is 5.97 Å². The van der Waals surface area contributed by atoms with Gasteiger partial charge in [-0.1, -0.05) is 46.0 Å². The molecule has 0 saturated heterocycles. The number of carbonyl (C=O) groups excluding carboxylic acids is 1. The van der Waals surface area contributed by atoms with E-state index < -0.39 is 0 Å². The Balaban J connectivity index is 0.000000336. The molecule has 90 valence electrons. The van der Waals surface area contributed by atoms with E-state index >= 15 is 0 Å². The van der Waals surface area contributed by atoms with Gasteiger partial charge < -0.3 is 4.74 Å². The Labute approximate surface area is 94.4 Å². The van der Waals surface area contributed by atoms with Crippen LogP contribution in [-0.2, 0) is 9.53 Å². The first kappa shape index (κ1) is 14.5. The molecule has 0 aromatic rings. The summed E-state index contributed by atoms with van der Waals surface area (Å²) in [6.07, 6.45) is 8.42. The van der Waals surface area contributed by atoms with Crippen molar-refractivity contribution in [3.63, 3.8) is 0 Å². The number of esters is 1. The highest BCUT2D eigenvalue weighted by Gasteiger charge is 2.36. The summed E-state index contributed by atoms with van der Waals surface area (Å²) in [6.45, 7) is 6.42. The fourth-order valence-electron chi connectivity index (χ4n) is 1.96. The van der Waals surface area contributed by atoms with Gasteiger partial charge in [0.25, 0.3) is 0 Å². The van der Waals surface area contributed by atoms with E-state index in [1.807, 2.05) is 6.92 Å². The van der Waals surface area contributed by atoms with Crippen LogP contribution < -0.4 is 0 Å². The summed E-state index contributed by atoms with van der Waals surface area (Å²) >= 11 is 0. The summed E-state index contributed by atoms with van der Waals surface area (Å²) in [5, 5.41) is 0. The maximum absolute atomic E-state index is 11.1. The van der Waals surface area contributed by atoms with E-state index in [2.05, 4.69) is 13.8 Å². The zero-order valence-electron chi connectivity index (χ0n) is 10.8. The normalized spacial score (nSPS) is 17.9. The third kappa shape index (κ3) is 5.19. The van der Waals surface area contributed by atoms with E-state index in [-0.39, 0.29) is 11.4 Å². The van der Waals surface area contributed by atoms with E-state index in [0.29, 0.717) is 0 Å². The van der Waals surface area contributed by atoms with Crippen LogP contribution in [0.15, 0.2) is 0 Å². The highest BCUT2D eigenvalue weighted by atomic mass is 16.5. The lowest BCUT2D eigenvalue weighted by Gasteiger charge is -2.18. The first-order valence-corrected chi connectivity index (χ1v) is 6.19. The van der Waals surface area contributed by atoms with Gasteiger partial charge in [-0.2, -0.15) is 0 Å². The molecule has 1 aliphatic carbocycles. The van der Waals surface area contributed by atoms with Crippen molar-refractivity contribution in [1.82, 2.24) is 0 Å². The quantitative estimate of drug-likeness (QED) is 0.665. The molecule has 0 N–H and O–H groups in total. The smallest absolute Gasteiger partial charge is 0.311 e. The lowest BCUT2D eigenvalue weighted by Crippen LogP contribution is -2.25. The molecule has 0 amide bonds. The van der Waals surface area contributed by atoms with Crippen molar-refractivity contribution in [2.45, 2.75) is 65.7 Å². The number of rotatable bonds is 3. The van der Waals surface area contributed by atoms with Crippen LogP contribution in [0.2, 0.25) is 0 Å². The largest absolute Gasteiger partial charge is 0.469 e.